The molecular weight excluding hydrogens is 476 g/mol. The fourth-order valence-electron chi connectivity index (χ4n) is 2.89. The molecule has 2 amide bonds. The lowest BCUT2D eigenvalue weighted by molar-refractivity contribution is -0.120. The van der Waals surface area contributed by atoms with Crippen molar-refractivity contribution in [3.05, 3.63) is 71.8 Å². The van der Waals surface area contributed by atoms with Gasteiger partial charge >= 0.3 is 10.4 Å². The molecule has 0 aliphatic rings. The van der Waals surface area contributed by atoms with Crippen LogP contribution in [0.15, 0.2) is 70.6 Å². The van der Waals surface area contributed by atoms with Crippen LogP contribution in [0, 0.1) is 0 Å². The van der Waals surface area contributed by atoms with Crippen LogP contribution in [-0.4, -0.2) is 41.3 Å². The third kappa shape index (κ3) is 14.9. The molecule has 35 heavy (non-hydrogen) atoms. The lowest BCUT2D eigenvalue weighted by atomic mass is 9.96. The minimum atomic E-state index is -4.67. The predicted molar refractivity (Wildman–Crippen MR) is 135 cm³/mol. The van der Waals surface area contributed by atoms with Gasteiger partial charge in [-0.15, -0.1) is 0 Å². The highest BCUT2D eigenvalue weighted by atomic mass is 32.3. The second kappa shape index (κ2) is 15.9. The Labute approximate surface area is 204 Å². The summed E-state index contributed by atoms with van der Waals surface area (Å²) in [5.74, 6) is -1.46. The highest BCUT2D eigenvalue weighted by molar-refractivity contribution is 7.79. The van der Waals surface area contributed by atoms with Crippen molar-refractivity contribution in [1.29, 1.82) is 0 Å². The number of guanidine groups is 2. The SMILES string of the molecule is CCC(C(=O)N=C(N)N)c1ccccc1.CCC(C(=O)N=C(N)N)c1ccccc1.O=S(=O)(O)O. The van der Waals surface area contributed by atoms with Crippen LogP contribution in [0.2, 0.25) is 0 Å². The highest BCUT2D eigenvalue weighted by Gasteiger charge is 2.18. The highest BCUT2D eigenvalue weighted by Crippen LogP contribution is 2.21. The third-order valence-corrected chi connectivity index (χ3v) is 4.30. The molecule has 192 valence electrons. The summed E-state index contributed by atoms with van der Waals surface area (Å²) in [6, 6.07) is 19.0. The van der Waals surface area contributed by atoms with Crippen molar-refractivity contribution in [2.75, 3.05) is 0 Å². The van der Waals surface area contributed by atoms with E-state index in [9.17, 15) is 9.59 Å². The first-order valence-corrected chi connectivity index (χ1v) is 11.8. The molecule has 0 aliphatic heterocycles. The Hall–Kier alpha value is -3.81. The quantitative estimate of drug-likeness (QED) is 0.186. The van der Waals surface area contributed by atoms with Crippen molar-refractivity contribution >= 4 is 34.1 Å². The largest absolute Gasteiger partial charge is 0.394 e. The fourth-order valence-corrected chi connectivity index (χ4v) is 2.89. The van der Waals surface area contributed by atoms with E-state index in [1.807, 2.05) is 74.5 Å². The summed E-state index contributed by atoms with van der Waals surface area (Å²) in [6.45, 7) is 3.86. The molecule has 0 radical (unpaired) electrons. The third-order valence-electron chi connectivity index (χ3n) is 4.30. The summed E-state index contributed by atoms with van der Waals surface area (Å²) in [5.41, 5.74) is 22.6. The summed E-state index contributed by atoms with van der Waals surface area (Å²) in [5, 5.41) is 0. The predicted octanol–water partition coefficient (Wildman–Crippen LogP) is 1.31. The number of nitrogens with zero attached hydrogens (tertiary/aromatic N) is 2. The normalized spacial score (nSPS) is 11.8. The van der Waals surface area contributed by atoms with E-state index < -0.39 is 10.4 Å². The summed E-state index contributed by atoms with van der Waals surface area (Å²) in [4.78, 5) is 30.4. The maximum atomic E-state index is 11.6. The van der Waals surface area contributed by atoms with Crippen molar-refractivity contribution < 1.29 is 27.1 Å². The van der Waals surface area contributed by atoms with Gasteiger partial charge in [0.2, 0.25) is 0 Å². The number of carbonyl (C=O) groups is 2. The smallest absolute Gasteiger partial charge is 0.370 e. The van der Waals surface area contributed by atoms with Crippen LogP contribution in [0.1, 0.15) is 49.7 Å². The van der Waals surface area contributed by atoms with Gasteiger partial charge in [0.25, 0.3) is 11.8 Å². The lowest BCUT2D eigenvalue weighted by Gasteiger charge is -2.10. The monoisotopic (exact) mass is 508 g/mol. The molecule has 0 bridgehead atoms. The molecule has 0 spiro atoms. The maximum absolute atomic E-state index is 11.6. The molecule has 2 unspecified atom stereocenters. The van der Waals surface area contributed by atoms with Crippen molar-refractivity contribution in [3.8, 4) is 0 Å². The Morgan fingerprint density at radius 3 is 1.17 bits per heavy atom. The lowest BCUT2D eigenvalue weighted by Crippen LogP contribution is -2.25. The number of hydrogen-bond donors (Lipinski definition) is 6. The second-order valence-corrected chi connectivity index (χ2v) is 7.84. The van der Waals surface area contributed by atoms with Gasteiger partial charge in [0.15, 0.2) is 11.9 Å². The molecule has 12 nitrogen and oxygen atoms in total. The summed E-state index contributed by atoms with van der Waals surface area (Å²) >= 11 is 0. The molecule has 0 saturated carbocycles. The molecule has 0 heterocycles. The zero-order valence-corrected chi connectivity index (χ0v) is 20.3. The van der Waals surface area contributed by atoms with Crippen molar-refractivity contribution in [1.82, 2.24) is 0 Å². The van der Waals surface area contributed by atoms with Gasteiger partial charge in [0.1, 0.15) is 0 Å². The Kier molecular flexibility index (Phi) is 14.2. The zero-order chi connectivity index (χ0) is 27.0. The molecular formula is C22H32N6O6S. The standard InChI is InChI=1S/2C11H15N3O.H2O4S/c2*1-2-9(10(15)14-11(12)13)8-6-4-3-5-7-8;1-5(2,3)4/h2*3-7,9H,2H2,1H3,(H4,12,13,14,15);(H2,1,2,3,4). The van der Waals surface area contributed by atoms with Crippen LogP contribution >= 0.6 is 0 Å². The molecule has 2 rings (SSSR count). The van der Waals surface area contributed by atoms with Gasteiger partial charge in [-0.2, -0.15) is 18.4 Å². The molecule has 13 heteroatoms. The topological polar surface area (TPSA) is 238 Å². The van der Waals surface area contributed by atoms with Crippen LogP contribution in [0.5, 0.6) is 0 Å². The van der Waals surface area contributed by atoms with E-state index in [-0.39, 0.29) is 35.6 Å². The number of rotatable bonds is 6. The minimum Gasteiger partial charge on any atom is -0.370 e. The van der Waals surface area contributed by atoms with Gasteiger partial charge in [-0.25, -0.2) is 0 Å². The average molecular weight is 509 g/mol. The summed E-state index contributed by atoms with van der Waals surface area (Å²) < 4.78 is 31.6. The molecule has 2 atom stereocenters. The van der Waals surface area contributed by atoms with Gasteiger partial charge < -0.3 is 22.9 Å². The number of amides is 2. The molecule has 2 aromatic rings. The van der Waals surface area contributed by atoms with Gasteiger partial charge in [0.05, 0.1) is 11.8 Å². The molecule has 0 aromatic heterocycles. The van der Waals surface area contributed by atoms with Crippen molar-refractivity contribution in [3.63, 3.8) is 0 Å². The first kappa shape index (κ1) is 31.2. The summed E-state index contributed by atoms with van der Waals surface area (Å²) in [6.07, 6.45) is 1.36. The minimum absolute atomic E-state index is 0.186. The number of nitrogens with two attached hydrogens (primary N) is 4. The van der Waals surface area contributed by atoms with Crippen LogP contribution in [-0.2, 0) is 20.0 Å². The van der Waals surface area contributed by atoms with Gasteiger partial charge in [-0.1, -0.05) is 74.5 Å². The Morgan fingerprint density at radius 1 is 0.714 bits per heavy atom. The number of benzene rings is 2. The maximum Gasteiger partial charge on any atom is 0.394 e. The van der Waals surface area contributed by atoms with E-state index in [0.29, 0.717) is 12.8 Å². The van der Waals surface area contributed by atoms with Crippen molar-refractivity contribution in [2.45, 2.75) is 38.5 Å². The summed E-state index contributed by atoms with van der Waals surface area (Å²) in [7, 11) is -4.67. The fraction of sp³-hybridized carbons (Fsp3) is 0.273. The Morgan fingerprint density at radius 2 is 0.971 bits per heavy atom. The second-order valence-electron chi connectivity index (χ2n) is 6.94. The molecule has 0 saturated heterocycles. The van der Waals surface area contributed by atoms with E-state index in [4.69, 9.17) is 40.5 Å². The van der Waals surface area contributed by atoms with E-state index in [0.717, 1.165) is 11.1 Å². The van der Waals surface area contributed by atoms with Crippen LogP contribution in [0.25, 0.3) is 0 Å². The van der Waals surface area contributed by atoms with E-state index >= 15 is 0 Å². The van der Waals surface area contributed by atoms with E-state index in [1.165, 1.54) is 0 Å². The molecule has 0 fully saturated rings. The van der Waals surface area contributed by atoms with Gasteiger partial charge in [-0.05, 0) is 24.0 Å². The van der Waals surface area contributed by atoms with Crippen LogP contribution in [0.3, 0.4) is 0 Å². The first-order chi connectivity index (χ1) is 16.3. The van der Waals surface area contributed by atoms with Crippen LogP contribution in [0.4, 0.5) is 0 Å². The van der Waals surface area contributed by atoms with Gasteiger partial charge in [0, 0.05) is 0 Å². The van der Waals surface area contributed by atoms with Crippen molar-refractivity contribution in [2.24, 2.45) is 32.9 Å². The number of carbonyl (C=O) groups excluding carboxylic acids is 2. The molecule has 0 aliphatic carbocycles. The number of hydrogen-bond acceptors (Lipinski definition) is 4. The zero-order valence-electron chi connectivity index (χ0n) is 19.5. The van der Waals surface area contributed by atoms with Gasteiger partial charge in [-0.3, -0.25) is 18.7 Å². The van der Waals surface area contributed by atoms with E-state index in [1.54, 1.807) is 0 Å². The first-order valence-electron chi connectivity index (χ1n) is 10.4. The Balaban J connectivity index is 0.000000555. The molecule has 2 aromatic carbocycles. The van der Waals surface area contributed by atoms with Crippen LogP contribution < -0.4 is 22.9 Å². The molecule has 10 N–H and O–H groups in total. The number of aliphatic imine (C=N–C) groups is 2. The Bertz CT molecular complexity index is 1000. The average Bonchev–Trinajstić information content (AvgIpc) is 2.74. The van der Waals surface area contributed by atoms with E-state index in [2.05, 4.69) is 9.98 Å².